The van der Waals surface area contributed by atoms with Crippen LogP contribution in [0.1, 0.15) is 43.4 Å². The van der Waals surface area contributed by atoms with Crippen molar-refractivity contribution in [3.05, 3.63) is 92.4 Å². The van der Waals surface area contributed by atoms with E-state index in [-0.39, 0.29) is 29.5 Å². The molecule has 0 aromatic heterocycles. The minimum atomic E-state index is -4.22. The van der Waals surface area contributed by atoms with Crippen LogP contribution in [0.3, 0.4) is 0 Å². The monoisotopic (exact) mass is 637 g/mol. The van der Waals surface area contributed by atoms with Gasteiger partial charge in [0.05, 0.1) is 10.6 Å². The average molecular weight is 639 g/mol. The highest BCUT2D eigenvalue weighted by Gasteiger charge is 2.34. The Morgan fingerprint density at radius 1 is 0.927 bits per heavy atom. The van der Waals surface area contributed by atoms with Gasteiger partial charge in [-0.3, -0.25) is 13.9 Å². The number of amides is 2. The molecule has 220 valence electrons. The van der Waals surface area contributed by atoms with Gasteiger partial charge in [0.1, 0.15) is 12.6 Å². The normalized spacial score (nSPS) is 12.1. The summed E-state index contributed by atoms with van der Waals surface area (Å²) in [6.45, 7) is 7.05. The summed E-state index contributed by atoms with van der Waals surface area (Å²) in [5, 5.41) is 3.82. The smallest absolute Gasteiger partial charge is 0.264 e. The van der Waals surface area contributed by atoms with E-state index in [0.29, 0.717) is 39.2 Å². The second kappa shape index (κ2) is 14.4. The maximum absolute atomic E-state index is 14.2. The predicted molar refractivity (Wildman–Crippen MR) is 166 cm³/mol. The quantitative estimate of drug-likeness (QED) is 0.237. The lowest BCUT2D eigenvalue weighted by Crippen LogP contribution is -2.52. The number of carbonyl (C=O) groups is 2. The molecule has 3 aromatic rings. The van der Waals surface area contributed by atoms with Gasteiger partial charge in [-0.15, -0.1) is 0 Å². The van der Waals surface area contributed by atoms with Crippen molar-refractivity contribution in [1.29, 1.82) is 0 Å². The van der Waals surface area contributed by atoms with Gasteiger partial charge in [0.15, 0.2) is 0 Å². The van der Waals surface area contributed by atoms with Crippen LogP contribution in [0.25, 0.3) is 0 Å². The van der Waals surface area contributed by atoms with Crippen LogP contribution in [0.5, 0.6) is 0 Å². The maximum atomic E-state index is 14.2. The molecule has 0 fully saturated rings. The summed E-state index contributed by atoms with van der Waals surface area (Å²) in [5.74, 6) is -0.952. The number of hydrogen-bond donors (Lipinski definition) is 1. The minimum absolute atomic E-state index is 0.0173. The second-order valence-electron chi connectivity index (χ2n) is 9.69. The number of carbonyl (C=O) groups excluding carboxylic acids is 2. The molecule has 1 atom stereocenters. The standard InChI is InChI=1S/C30H34Cl3N3O4S/c1-5-16-34-30(38)27(6-2)35(18-24-25(32)8-7-9-26(24)33)29(37)19-36(28-17-22(31)13-12-21(28)4)41(39,40)23-14-10-20(3)11-15-23/h7-15,17,27H,5-6,16,18-19H2,1-4H3,(H,34,38)/t27-/m1/s1. The summed E-state index contributed by atoms with van der Waals surface area (Å²) in [7, 11) is -4.22. The van der Waals surface area contributed by atoms with Crippen LogP contribution in [0, 0.1) is 13.8 Å². The van der Waals surface area contributed by atoms with Crippen molar-refractivity contribution in [2.24, 2.45) is 0 Å². The molecule has 0 aliphatic carbocycles. The van der Waals surface area contributed by atoms with Crippen molar-refractivity contribution in [3.8, 4) is 0 Å². The molecule has 3 aromatic carbocycles. The number of anilines is 1. The fourth-order valence-corrected chi connectivity index (χ4v) is 6.50. The van der Waals surface area contributed by atoms with E-state index in [1.54, 1.807) is 56.3 Å². The van der Waals surface area contributed by atoms with Crippen molar-refractivity contribution in [1.82, 2.24) is 10.2 Å². The number of hydrogen-bond acceptors (Lipinski definition) is 4. The number of nitrogens with zero attached hydrogens (tertiary/aromatic N) is 2. The summed E-state index contributed by atoms with van der Waals surface area (Å²) in [6, 6.07) is 15.3. The molecule has 0 spiro atoms. The number of sulfonamides is 1. The SMILES string of the molecule is CCCNC(=O)[C@@H](CC)N(Cc1c(Cl)cccc1Cl)C(=O)CN(c1cc(Cl)ccc1C)S(=O)(=O)c1ccc(C)cc1. The summed E-state index contributed by atoms with van der Waals surface area (Å²) < 4.78 is 29.1. The van der Waals surface area contributed by atoms with Crippen molar-refractivity contribution in [3.63, 3.8) is 0 Å². The van der Waals surface area contributed by atoms with Crippen LogP contribution in [0.2, 0.25) is 15.1 Å². The van der Waals surface area contributed by atoms with Gasteiger partial charge in [0.2, 0.25) is 11.8 Å². The van der Waals surface area contributed by atoms with E-state index in [1.165, 1.54) is 23.1 Å². The van der Waals surface area contributed by atoms with Crippen LogP contribution in [-0.2, 0) is 26.2 Å². The van der Waals surface area contributed by atoms with Gasteiger partial charge in [-0.05, 0) is 68.7 Å². The van der Waals surface area contributed by atoms with Crippen LogP contribution in [0.4, 0.5) is 5.69 Å². The van der Waals surface area contributed by atoms with Crippen LogP contribution in [0.15, 0.2) is 65.6 Å². The van der Waals surface area contributed by atoms with E-state index in [9.17, 15) is 18.0 Å². The van der Waals surface area contributed by atoms with Crippen molar-refractivity contribution in [2.45, 2.75) is 58.0 Å². The van der Waals surface area contributed by atoms with Gasteiger partial charge in [-0.2, -0.15) is 0 Å². The predicted octanol–water partition coefficient (Wildman–Crippen LogP) is 6.79. The van der Waals surface area contributed by atoms with Crippen LogP contribution < -0.4 is 9.62 Å². The molecule has 2 amide bonds. The average Bonchev–Trinajstić information content (AvgIpc) is 2.93. The number of benzene rings is 3. The number of rotatable bonds is 12. The molecule has 0 saturated carbocycles. The van der Waals surface area contributed by atoms with Crippen LogP contribution in [-0.4, -0.2) is 44.3 Å². The first-order valence-electron chi connectivity index (χ1n) is 13.3. The molecule has 0 heterocycles. The largest absolute Gasteiger partial charge is 0.354 e. The Hall–Kier alpha value is -2.78. The van der Waals surface area contributed by atoms with Gasteiger partial charge in [-0.1, -0.05) is 78.5 Å². The second-order valence-corrected chi connectivity index (χ2v) is 12.8. The zero-order valence-electron chi connectivity index (χ0n) is 23.5. The molecule has 11 heteroatoms. The fraction of sp³-hybridized carbons (Fsp3) is 0.333. The molecular weight excluding hydrogens is 605 g/mol. The first-order chi connectivity index (χ1) is 19.4. The van der Waals surface area contributed by atoms with Gasteiger partial charge < -0.3 is 10.2 Å². The molecule has 0 bridgehead atoms. The topological polar surface area (TPSA) is 86.8 Å². The lowest BCUT2D eigenvalue weighted by molar-refractivity contribution is -0.140. The third-order valence-corrected chi connectivity index (χ3v) is 9.37. The third kappa shape index (κ3) is 7.95. The zero-order valence-corrected chi connectivity index (χ0v) is 26.5. The molecule has 41 heavy (non-hydrogen) atoms. The molecule has 3 rings (SSSR count). The maximum Gasteiger partial charge on any atom is 0.264 e. The van der Waals surface area contributed by atoms with E-state index < -0.39 is 28.5 Å². The van der Waals surface area contributed by atoms with E-state index in [2.05, 4.69) is 5.32 Å². The Morgan fingerprint density at radius 3 is 2.15 bits per heavy atom. The molecule has 7 nitrogen and oxygen atoms in total. The molecule has 0 radical (unpaired) electrons. The van der Waals surface area contributed by atoms with Gasteiger partial charge in [0, 0.05) is 33.7 Å². The highest BCUT2D eigenvalue weighted by atomic mass is 35.5. The van der Waals surface area contributed by atoms with E-state index in [1.807, 2.05) is 13.8 Å². The van der Waals surface area contributed by atoms with E-state index >= 15 is 0 Å². The summed E-state index contributed by atoms with van der Waals surface area (Å²) in [4.78, 5) is 28.8. The van der Waals surface area contributed by atoms with Gasteiger partial charge >= 0.3 is 0 Å². The van der Waals surface area contributed by atoms with Crippen LogP contribution >= 0.6 is 34.8 Å². The molecule has 0 saturated heterocycles. The highest BCUT2D eigenvalue weighted by molar-refractivity contribution is 7.92. The minimum Gasteiger partial charge on any atom is -0.354 e. The summed E-state index contributed by atoms with van der Waals surface area (Å²) in [5.41, 5.74) is 2.20. The van der Waals surface area contributed by atoms with E-state index in [0.717, 1.165) is 9.87 Å². The Morgan fingerprint density at radius 2 is 1.56 bits per heavy atom. The Labute approximate surface area is 257 Å². The molecule has 0 aliphatic rings. The third-order valence-electron chi connectivity index (χ3n) is 6.65. The van der Waals surface area contributed by atoms with Gasteiger partial charge in [-0.25, -0.2) is 8.42 Å². The van der Waals surface area contributed by atoms with Gasteiger partial charge in [0.25, 0.3) is 10.0 Å². The zero-order chi connectivity index (χ0) is 30.3. The Balaban J connectivity index is 2.13. The fourth-order valence-electron chi connectivity index (χ4n) is 4.34. The molecule has 1 N–H and O–H groups in total. The lowest BCUT2D eigenvalue weighted by Gasteiger charge is -2.34. The summed E-state index contributed by atoms with van der Waals surface area (Å²) >= 11 is 19.2. The lowest BCUT2D eigenvalue weighted by atomic mass is 10.1. The number of aryl methyl sites for hydroxylation is 2. The molecule has 0 unspecified atom stereocenters. The first-order valence-corrected chi connectivity index (χ1v) is 15.8. The van der Waals surface area contributed by atoms with Crippen molar-refractivity contribution < 1.29 is 18.0 Å². The Bertz CT molecular complexity index is 1480. The van der Waals surface area contributed by atoms with E-state index in [4.69, 9.17) is 34.8 Å². The van der Waals surface area contributed by atoms with Crippen molar-refractivity contribution in [2.75, 3.05) is 17.4 Å². The first kappa shape index (κ1) is 32.7. The summed E-state index contributed by atoms with van der Waals surface area (Å²) in [6.07, 6.45) is 0.993. The Kier molecular flexibility index (Phi) is 11.5. The molecular formula is C30H34Cl3N3O4S. The molecule has 0 aliphatic heterocycles. The highest BCUT2D eigenvalue weighted by Crippen LogP contribution is 2.31. The number of halogens is 3. The van der Waals surface area contributed by atoms with Crippen molar-refractivity contribution >= 4 is 62.3 Å². The number of nitrogens with one attached hydrogen (secondary N) is 1.